The molecule has 0 fully saturated rings. The Bertz CT molecular complexity index is 1250. The van der Waals surface area contributed by atoms with E-state index in [9.17, 15) is 19.5 Å². The highest BCUT2D eigenvalue weighted by atomic mass is 16.3. The van der Waals surface area contributed by atoms with Gasteiger partial charge in [-0.25, -0.2) is 0 Å². The zero-order valence-electron chi connectivity index (χ0n) is 18.9. The number of phenolic OH excluding ortho intramolecular Hbond substituents is 1. The van der Waals surface area contributed by atoms with Crippen molar-refractivity contribution in [2.45, 2.75) is 26.4 Å². The predicted octanol–water partition coefficient (Wildman–Crippen LogP) is 2.31. The second-order valence-electron chi connectivity index (χ2n) is 8.47. The Balaban J connectivity index is 1.53. The monoisotopic (exact) mass is 449 g/mol. The summed E-state index contributed by atoms with van der Waals surface area (Å²) < 4.78 is 0. The third-order valence-electron chi connectivity index (χ3n) is 5.82. The first-order valence-electron chi connectivity index (χ1n) is 10.9. The molecule has 0 saturated carbocycles. The van der Waals surface area contributed by atoms with Crippen molar-refractivity contribution in [3.8, 4) is 5.75 Å². The normalized spacial score (nSPS) is 12.9. The summed E-state index contributed by atoms with van der Waals surface area (Å²) in [5, 5.41) is 20.6. The Morgan fingerprint density at radius 3 is 2.64 bits per heavy atom. The molecular weight excluding hydrogens is 422 g/mol. The van der Waals surface area contributed by atoms with Crippen LogP contribution in [0.5, 0.6) is 5.75 Å². The zero-order valence-corrected chi connectivity index (χ0v) is 18.9. The molecule has 3 N–H and O–H groups in total. The van der Waals surface area contributed by atoms with E-state index in [1.807, 2.05) is 31.1 Å². The first-order valence-corrected chi connectivity index (χ1v) is 10.9. The average Bonchev–Trinajstić information content (AvgIpc) is 3.40. The number of carbonyl (C=O) groups is 3. The summed E-state index contributed by atoms with van der Waals surface area (Å²) in [7, 11) is 3.88. The van der Waals surface area contributed by atoms with Crippen molar-refractivity contribution in [2.75, 3.05) is 27.2 Å². The van der Waals surface area contributed by atoms with Gasteiger partial charge in [0.05, 0.1) is 11.1 Å². The molecule has 1 aliphatic rings. The van der Waals surface area contributed by atoms with Gasteiger partial charge in [0.1, 0.15) is 11.4 Å². The number of hydrogen-bond donors (Lipinski definition) is 3. The van der Waals surface area contributed by atoms with Gasteiger partial charge in [0.2, 0.25) is 0 Å². The van der Waals surface area contributed by atoms with Gasteiger partial charge in [0.15, 0.2) is 5.78 Å². The van der Waals surface area contributed by atoms with Crippen LogP contribution in [0.3, 0.4) is 0 Å². The topological polar surface area (TPSA) is 119 Å². The molecule has 9 heteroatoms. The van der Waals surface area contributed by atoms with E-state index in [0.717, 1.165) is 17.7 Å². The lowest BCUT2D eigenvalue weighted by Crippen LogP contribution is -2.31. The number of nitrogens with zero attached hydrogens (tertiary/aromatic N) is 3. The predicted molar refractivity (Wildman–Crippen MR) is 123 cm³/mol. The van der Waals surface area contributed by atoms with Crippen molar-refractivity contribution in [3.63, 3.8) is 0 Å². The fourth-order valence-electron chi connectivity index (χ4n) is 3.95. The molecule has 2 aromatic carbocycles. The minimum absolute atomic E-state index is 0.114. The van der Waals surface area contributed by atoms with Crippen LogP contribution in [-0.2, 0) is 13.1 Å². The molecule has 1 aromatic heterocycles. The van der Waals surface area contributed by atoms with Gasteiger partial charge in [-0.2, -0.15) is 5.10 Å². The summed E-state index contributed by atoms with van der Waals surface area (Å²) in [5.74, 6) is -0.821. The molecule has 9 nitrogen and oxygen atoms in total. The highest BCUT2D eigenvalue weighted by Crippen LogP contribution is 2.31. The average molecular weight is 450 g/mol. The summed E-state index contributed by atoms with van der Waals surface area (Å²) >= 11 is 0. The number of ketones is 1. The number of amides is 2. The Kier molecular flexibility index (Phi) is 6.15. The molecule has 2 amide bonds. The number of benzene rings is 2. The second-order valence-corrected chi connectivity index (χ2v) is 8.47. The molecule has 33 heavy (non-hydrogen) atoms. The van der Waals surface area contributed by atoms with E-state index in [2.05, 4.69) is 15.5 Å². The number of aromatic hydroxyl groups is 1. The number of nitrogens with one attached hydrogen (secondary N) is 2. The number of aromatic amines is 1. The summed E-state index contributed by atoms with van der Waals surface area (Å²) in [6.07, 6.45) is 0.288. The van der Waals surface area contributed by atoms with Gasteiger partial charge in [0, 0.05) is 49.6 Å². The Hall–Kier alpha value is -3.72. The van der Waals surface area contributed by atoms with Crippen LogP contribution in [0.25, 0.3) is 10.9 Å². The van der Waals surface area contributed by atoms with Crippen molar-refractivity contribution < 1.29 is 19.5 Å². The largest absolute Gasteiger partial charge is 0.507 e. The van der Waals surface area contributed by atoms with Crippen molar-refractivity contribution in [1.82, 2.24) is 25.3 Å². The minimum atomic E-state index is -0.348. The lowest BCUT2D eigenvalue weighted by atomic mass is 10.1. The fraction of sp³-hybridized carbons (Fsp3) is 0.333. The molecule has 172 valence electrons. The first kappa shape index (κ1) is 22.5. The van der Waals surface area contributed by atoms with Crippen LogP contribution in [-0.4, -0.2) is 69.9 Å². The SMILES string of the molecule is CCC(=O)c1n[nH]c2cc(O)c(C(=O)N3Cc4ccc(C(=O)NCCN(C)C)cc4C3)cc12. The van der Waals surface area contributed by atoms with E-state index < -0.39 is 0 Å². The van der Waals surface area contributed by atoms with Crippen molar-refractivity contribution in [1.29, 1.82) is 0 Å². The highest BCUT2D eigenvalue weighted by molar-refractivity contribution is 6.09. The van der Waals surface area contributed by atoms with E-state index >= 15 is 0 Å². The Morgan fingerprint density at radius 2 is 1.91 bits per heavy atom. The second kappa shape index (κ2) is 9.03. The molecule has 0 unspecified atom stereocenters. The van der Waals surface area contributed by atoms with E-state index in [-0.39, 0.29) is 41.0 Å². The van der Waals surface area contributed by atoms with Crippen molar-refractivity contribution >= 4 is 28.5 Å². The number of likely N-dealkylation sites (N-methyl/N-ethyl adjacent to an activating group) is 1. The van der Waals surface area contributed by atoms with E-state index in [1.54, 1.807) is 17.9 Å². The molecule has 0 bridgehead atoms. The van der Waals surface area contributed by atoms with Crippen LogP contribution in [0, 0.1) is 0 Å². The highest BCUT2D eigenvalue weighted by Gasteiger charge is 2.28. The van der Waals surface area contributed by atoms with Gasteiger partial charge >= 0.3 is 0 Å². The Morgan fingerprint density at radius 1 is 1.15 bits per heavy atom. The summed E-state index contributed by atoms with van der Waals surface area (Å²) in [6, 6.07) is 8.37. The molecule has 0 saturated heterocycles. The molecule has 0 radical (unpaired) electrons. The van der Waals surface area contributed by atoms with Gasteiger partial charge in [-0.1, -0.05) is 13.0 Å². The van der Waals surface area contributed by atoms with E-state index in [1.165, 1.54) is 12.1 Å². The van der Waals surface area contributed by atoms with Gasteiger partial charge in [-0.3, -0.25) is 19.5 Å². The standard InChI is InChI=1S/C24H27N5O4/c1-4-20(30)22-17-10-18(21(31)11-19(17)26-27-22)24(33)29-12-15-6-5-14(9-16(15)13-29)23(32)25-7-8-28(2)3/h5-6,9-11,31H,4,7-8,12-13H2,1-3H3,(H,25,32)(H,26,27). The molecule has 1 aliphatic heterocycles. The van der Waals surface area contributed by atoms with E-state index in [0.29, 0.717) is 36.1 Å². The third kappa shape index (κ3) is 4.45. The van der Waals surface area contributed by atoms with E-state index in [4.69, 9.17) is 0 Å². The van der Waals surface area contributed by atoms with Gasteiger partial charge < -0.3 is 20.2 Å². The summed E-state index contributed by atoms with van der Waals surface area (Å²) in [6.45, 7) is 3.74. The van der Waals surface area contributed by atoms with Crippen LogP contribution in [0.2, 0.25) is 0 Å². The number of phenols is 1. The Labute approximate surface area is 191 Å². The molecule has 0 aliphatic carbocycles. The third-order valence-corrected chi connectivity index (χ3v) is 5.82. The van der Waals surface area contributed by atoms with Crippen molar-refractivity contribution in [3.05, 3.63) is 58.3 Å². The van der Waals surface area contributed by atoms with Crippen LogP contribution in [0.15, 0.2) is 30.3 Å². The number of fused-ring (bicyclic) bond motifs is 2. The zero-order chi connectivity index (χ0) is 23.7. The first-order chi connectivity index (χ1) is 15.8. The minimum Gasteiger partial charge on any atom is -0.507 e. The van der Waals surface area contributed by atoms with Crippen molar-refractivity contribution in [2.24, 2.45) is 0 Å². The number of hydrogen-bond acceptors (Lipinski definition) is 6. The number of aromatic nitrogens is 2. The van der Waals surface area contributed by atoms with Gasteiger partial charge in [-0.15, -0.1) is 0 Å². The van der Waals surface area contributed by atoms with Crippen LogP contribution < -0.4 is 5.32 Å². The maximum atomic E-state index is 13.2. The number of carbonyl (C=O) groups excluding carboxylic acids is 3. The lowest BCUT2D eigenvalue weighted by Gasteiger charge is -2.16. The number of H-pyrrole nitrogens is 1. The lowest BCUT2D eigenvalue weighted by molar-refractivity contribution is 0.0748. The molecule has 2 heterocycles. The fourth-order valence-corrected chi connectivity index (χ4v) is 3.95. The summed E-state index contributed by atoms with van der Waals surface area (Å²) in [5.41, 5.74) is 3.27. The number of rotatable bonds is 7. The smallest absolute Gasteiger partial charge is 0.258 e. The molecular formula is C24H27N5O4. The quantitative estimate of drug-likeness (QED) is 0.477. The van der Waals surface area contributed by atoms with Crippen LogP contribution >= 0.6 is 0 Å². The summed E-state index contributed by atoms with van der Waals surface area (Å²) in [4.78, 5) is 41.5. The molecule has 4 rings (SSSR count). The van der Waals surface area contributed by atoms with Crippen LogP contribution in [0.1, 0.15) is 55.7 Å². The molecule has 0 atom stereocenters. The van der Waals surface area contributed by atoms with Gasteiger partial charge in [-0.05, 0) is 43.4 Å². The van der Waals surface area contributed by atoms with Crippen LogP contribution in [0.4, 0.5) is 0 Å². The van der Waals surface area contributed by atoms with Gasteiger partial charge in [0.25, 0.3) is 11.8 Å². The molecule has 0 spiro atoms. The maximum Gasteiger partial charge on any atom is 0.258 e. The maximum absolute atomic E-state index is 13.2. The number of Topliss-reactive ketones (excluding diaryl/α,β-unsaturated/α-hetero) is 1. The molecule has 3 aromatic rings.